The average Bonchev–Trinajstić information content (AvgIpc) is 2.13. The normalized spacial score (nSPS) is 17.4. The predicted molar refractivity (Wildman–Crippen MR) is 45.8 cm³/mol. The summed E-state index contributed by atoms with van der Waals surface area (Å²) in [5.74, 6) is 0.201. The second-order valence-corrected chi connectivity index (χ2v) is 2.80. The molecule has 0 aromatic carbocycles. The van der Waals surface area contributed by atoms with Crippen molar-refractivity contribution >= 4 is 0 Å². The Hall–Kier alpha value is -1.32. The maximum Gasteiger partial charge on any atom is 0.387 e. The van der Waals surface area contributed by atoms with Crippen LogP contribution in [-0.4, -0.2) is 6.61 Å². The summed E-state index contributed by atoms with van der Waals surface area (Å²) in [6.07, 6.45) is 5.23. The molecule has 0 saturated heterocycles. The van der Waals surface area contributed by atoms with Crippen molar-refractivity contribution in [3.05, 3.63) is 35.3 Å². The minimum Gasteiger partial charge on any atom is -0.435 e. The molecular weight excluding hydrogens is 176 g/mol. The lowest BCUT2D eigenvalue weighted by molar-refractivity contribution is -0.0929. The van der Waals surface area contributed by atoms with Gasteiger partial charge in [-0.15, -0.1) is 0 Å². The Labute approximate surface area is 75.4 Å². The van der Waals surface area contributed by atoms with Gasteiger partial charge in [0.05, 0.1) is 0 Å². The molecule has 0 aromatic heterocycles. The van der Waals surface area contributed by atoms with E-state index in [0.717, 1.165) is 0 Å². The second-order valence-electron chi connectivity index (χ2n) is 2.80. The molecule has 2 N–H and O–H groups in total. The number of ether oxygens (including phenoxy) is 1. The molecule has 0 fully saturated rings. The number of halogens is 2. The Bertz CT molecular complexity index is 279. The summed E-state index contributed by atoms with van der Waals surface area (Å²) in [5, 5.41) is 0. The van der Waals surface area contributed by atoms with E-state index in [0.29, 0.717) is 17.7 Å². The number of rotatable bonds is 2. The quantitative estimate of drug-likeness (QED) is 0.719. The third kappa shape index (κ3) is 2.89. The Morgan fingerprint density at radius 1 is 1.54 bits per heavy atom. The van der Waals surface area contributed by atoms with Crippen LogP contribution in [0.25, 0.3) is 0 Å². The Morgan fingerprint density at radius 2 is 2.23 bits per heavy atom. The van der Waals surface area contributed by atoms with Crippen LogP contribution in [0.5, 0.6) is 0 Å². The largest absolute Gasteiger partial charge is 0.435 e. The number of nitrogens with two attached hydrogens (primary N) is 1. The number of hydrogen-bond acceptors (Lipinski definition) is 2. The van der Waals surface area contributed by atoms with Crippen LogP contribution in [0.3, 0.4) is 0 Å². The lowest BCUT2D eigenvalue weighted by Gasteiger charge is -2.08. The van der Waals surface area contributed by atoms with Gasteiger partial charge in [0.25, 0.3) is 0 Å². The van der Waals surface area contributed by atoms with Crippen molar-refractivity contribution in [3.63, 3.8) is 0 Å². The van der Waals surface area contributed by atoms with Crippen molar-refractivity contribution in [1.29, 1.82) is 0 Å². The zero-order chi connectivity index (χ0) is 9.84. The summed E-state index contributed by atoms with van der Waals surface area (Å²) in [5.41, 5.74) is 6.90. The SMILES string of the molecule is CC1=C(OC(F)F)C=CC=C(N)C1. The van der Waals surface area contributed by atoms with Crippen molar-refractivity contribution in [2.24, 2.45) is 5.73 Å². The van der Waals surface area contributed by atoms with E-state index < -0.39 is 6.61 Å². The van der Waals surface area contributed by atoms with Crippen LogP contribution in [0.4, 0.5) is 8.78 Å². The molecule has 0 bridgehead atoms. The molecule has 0 radical (unpaired) electrons. The third-order valence-corrected chi connectivity index (χ3v) is 1.66. The van der Waals surface area contributed by atoms with Gasteiger partial charge >= 0.3 is 6.61 Å². The minimum absolute atomic E-state index is 0.201. The van der Waals surface area contributed by atoms with E-state index in [1.165, 1.54) is 6.08 Å². The van der Waals surface area contributed by atoms with Crippen molar-refractivity contribution in [3.8, 4) is 0 Å². The smallest absolute Gasteiger partial charge is 0.387 e. The Balaban J connectivity index is 2.78. The molecule has 0 spiro atoms. The van der Waals surface area contributed by atoms with Gasteiger partial charge in [-0.3, -0.25) is 0 Å². The number of alkyl halides is 2. The molecule has 13 heavy (non-hydrogen) atoms. The first-order valence-corrected chi connectivity index (χ1v) is 3.87. The van der Waals surface area contributed by atoms with Crippen LogP contribution < -0.4 is 5.73 Å². The van der Waals surface area contributed by atoms with Crippen molar-refractivity contribution < 1.29 is 13.5 Å². The molecule has 1 aliphatic rings. The fourth-order valence-electron chi connectivity index (χ4n) is 1.09. The fourth-order valence-corrected chi connectivity index (χ4v) is 1.09. The number of hydrogen-bond donors (Lipinski definition) is 1. The van der Waals surface area contributed by atoms with Crippen molar-refractivity contribution in [1.82, 2.24) is 0 Å². The molecule has 0 saturated carbocycles. The Morgan fingerprint density at radius 3 is 2.85 bits per heavy atom. The van der Waals surface area contributed by atoms with E-state index in [1.807, 2.05) is 0 Å². The first-order valence-electron chi connectivity index (χ1n) is 3.87. The molecule has 0 aromatic rings. The molecular formula is C9H11F2NO. The van der Waals surface area contributed by atoms with Gasteiger partial charge in [0.1, 0.15) is 5.76 Å². The lowest BCUT2D eigenvalue weighted by atomic mass is 10.1. The average molecular weight is 187 g/mol. The van der Waals surface area contributed by atoms with Gasteiger partial charge in [0.2, 0.25) is 0 Å². The molecule has 1 rings (SSSR count). The van der Waals surface area contributed by atoms with E-state index >= 15 is 0 Å². The van der Waals surface area contributed by atoms with Crippen LogP contribution in [0.1, 0.15) is 13.3 Å². The maximum atomic E-state index is 11.9. The van der Waals surface area contributed by atoms with Gasteiger partial charge in [0.15, 0.2) is 0 Å². The molecule has 72 valence electrons. The van der Waals surface area contributed by atoms with E-state index in [4.69, 9.17) is 5.73 Å². The van der Waals surface area contributed by atoms with Gasteiger partial charge in [-0.2, -0.15) is 8.78 Å². The van der Waals surface area contributed by atoms with E-state index in [-0.39, 0.29) is 5.76 Å². The van der Waals surface area contributed by atoms with Gasteiger partial charge in [-0.1, -0.05) is 6.08 Å². The second kappa shape index (κ2) is 4.07. The minimum atomic E-state index is -2.78. The van der Waals surface area contributed by atoms with E-state index in [2.05, 4.69) is 4.74 Å². The summed E-state index contributed by atoms with van der Waals surface area (Å²) in [7, 11) is 0. The lowest BCUT2D eigenvalue weighted by Crippen LogP contribution is -2.01. The van der Waals surface area contributed by atoms with E-state index in [1.54, 1.807) is 19.1 Å². The first-order chi connectivity index (χ1) is 6.09. The zero-order valence-corrected chi connectivity index (χ0v) is 7.26. The van der Waals surface area contributed by atoms with Gasteiger partial charge in [-0.05, 0) is 24.6 Å². The van der Waals surface area contributed by atoms with Crippen LogP contribution in [0, 0.1) is 0 Å². The predicted octanol–water partition coefficient (Wildman–Crippen LogP) is 2.30. The van der Waals surface area contributed by atoms with Crippen LogP contribution in [-0.2, 0) is 4.74 Å². The molecule has 4 heteroatoms. The molecule has 1 aliphatic carbocycles. The monoisotopic (exact) mass is 187 g/mol. The molecule has 0 amide bonds. The van der Waals surface area contributed by atoms with Crippen LogP contribution in [0.2, 0.25) is 0 Å². The van der Waals surface area contributed by atoms with E-state index in [9.17, 15) is 8.78 Å². The fraction of sp³-hybridized carbons (Fsp3) is 0.333. The summed E-state index contributed by atoms with van der Waals surface area (Å²) < 4.78 is 28.1. The molecule has 0 unspecified atom stereocenters. The third-order valence-electron chi connectivity index (χ3n) is 1.66. The van der Waals surface area contributed by atoms with Crippen molar-refractivity contribution in [2.45, 2.75) is 20.0 Å². The standard InChI is InChI=1S/C9H11F2NO/c1-6-5-7(12)3-2-4-8(6)13-9(10)11/h2-4,9H,5,12H2,1H3. The Kier molecular flexibility index (Phi) is 3.06. The topological polar surface area (TPSA) is 35.2 Å². The highest BCUT2D eigenvalue weighted by atomic mass is 19.3. The van der Waals surface area contributed by atoms with Crippen LogP contribution in [0.15, 0.2) is 35.3 Å². The maximum absolute atomic E-state index is 11.9. The molecule has 0 atom stereocenters. The zero-order valence-electron chi connectivity index (χ0n) is 7.26. The first kappa shape index (κ1) is 9.77. The van der Waals surface area contributed by atoms with Gasteiger partial charge in [0, 0.05) is 12.1 Å². The summed E-state index contributed by atoms with van der Waals surface area (Å²) >= 11 is 0. The summed E-state index contributed by atoms with van der Waals surface area (Å²) in [6, 6.07) is 0. The van der Waals surface area contributed by atoms with Crippen molar-refractivity contribution in [2.75, 3.05) is 0 Å². The highest BCUT2D eigenvalue weighted by Crippen LogP contribution is 2.19. The molecule has 2 nitrogen and oxygen atoms in total. The summed E-state index contributed by atoms with van der Waals surface area (Å²) in [6.45, 7) is -1.07. The highest BCUT2D eigenvalue weighted by Gasteiger charge is 2.09. The summed E-state index contributed by atoms with van der Waals surface area (Å²) in [4.78, 5) is 0. The molecule has 0 heterocycles. The van der Waals surface area contributed by atoms with Gasteiger partial charge < -0.3 is 10.5 Å². The highest BCUT2D eigenvalue weighted by molar-refractivity contribution is 5.30. The van der Waals surface area contributed by atoms with Gasteiger partial charge in [-0.25, -0.2) is 0 Å². The van der Waals surface area contributed by atoms with Crippen LogP contribution >= 0.6 is 0 Å². The molecule has 0 aliphatic heterocycles. The number of allylic oxidation sites excluding steroid dienone is 4.